The molecule has 1 amide bonds. The smallest absolute Gasteiger partial charge is 0.236 e. The van der Waals surface area contributed by atoms with E-state index in [2.05, 4.69) is 28.0 Å². The number of likely N-dealkylation sites (N-methyl/N-ethyl adjacent to an activating group) is 1. The largest absolute Gasteiger partial charge is 0.493 e. The summed E-state index contributed by atoms with van der Waals surface area (Å²) < 4.78 is 17.4. The molecule has 1 fully saturated rings. The molecule has 32 heavy (non-hydrogen) atoms. The molecule has 7 heteroatoms. The maximum absolute atomic E-state index is 12.8. The molecule has 2 aromatic carbocycles. The van der Waals surface area contributed by atoms with Crippen molar-refractivity contribution in [1.82, 2.24) is 14.7 Å². The molecule has 3 heterocycles. The highest BCUT2D eigenvalue weighted by Crippen LogP contribution is 2.31. The number of fused-ring (bicyclic) bond motifs is 2. The van der Waals surface area contributed by atoms with Gasteiger partial charge in [-0.1, -0.05) is 24.3 Å². The van der Waals surface area contributed by atoms with Gasteiger partial charge in [0.25, 0.3) is 0 Å². The Labute approximate surface area is 189 Å². The molecule has 0 bridgehead atoms. The van der Waals surface area contributed by atoms with Crippen LogP contribution in [0.4, 0.5) is 0 Å². The zero-order valence-electron chi connectivity index (χ0n) is 18.7. The topological polar surface area (TPSA) is 54.5 Å². The van der Waals surface area contributed by atoms with E-state index < -0.39 is 0 Å². The standard InChI is InChI=1S/C25H31N3O4/c1-26(16-21-18-31-23-4-2-3-5-24(23)32-21)25(29)17-28-11-9-27(10-12-28)15-19-6-7-22-20(14-19)8-13-30-22/h2-7,14,21H,8-13,15-18H2,1H3/t21-/m1/s1. The average molecular weight is 438 g/mol. The van der Waals surface area contributed by atoms with E-state index in [1.54, 1.807) is 4.90 Å². The molecule has 1 saturated heterocycles. The van der Waals surface area contributed by atoms with Crippen LogP contribution in [0.25, 0.3) is 0 Å². The van der Waals surface area contributed by atoms with Crippen molar-refractivity contribution < 1.29 is 19.0 Å². The molecule has 0 saturated carbocycles. The van der Waals surface area contributed by atoms with Crippen molar-refractivity contribution in [2.75, 3.05) is 59.5 Å². The van der Waals surface area contributed by atoms with Crippen LogP contribution < -0.4 is 14.2 Å². The van der Waals surface area contributed by atoms with Gasteiger partial charge in [0, 0.05) is 46.2 Å². The number of ether oxygens (including phenoxy) is 3. The molecule has 2 aromatic rings. The van der Waals surface area contributed by atoms with E-state index in [0.717, 1.165) is 63.0 Å². The van der Waals surface area contributed by atoms with Crippen molar-refractivity contribution >= 4 is 5.91 Å². The third-order valence-corrected chi connectivity index (χ3v) is 6.45. The average Bonchev–Trinajstić information content (AvgIpc) is 3.28. The minimum atomic E-state index is -0.145. The number of benzene rings is 2. The lowest BCUT2D eigenvalue weighted by atomic mass is 10.1. The summed E-state index contributed by atoms with van der Waals surface area (Å²) in [5, 5.41) is 0. The highest BCUT2D eigenvalue weighted by atomic mass is 16.6. The van der Waals surface area contributed by atoms with E-state index in [1.807, 2.05) is 31.3 Å². The maximum Gasteiger partial charge on any atom is 0.236 e. The van der Waals surface area contributed by atoms with Crippen molar-refractivity contribution in [3.05, 3.63) is 53.6 Å². The van der Waals surface area contributed by atoms with Gasteiger partial charge in [0.2, 0.25) is 5.91 Å². The van der Waals surface area contributed by atoms with Gasteiger partial charge in [-0.05, 0) is 29.3 Å². The van der Waals surface area contributed by atoms with Crippen molar-refractivity contribution in [2.24, 2.45) is 0 Å². The Morgan fingerprint density at radius 2 is 1.78 bits per heavy atom. The van der Waals surface area contributed by atoms with Crippen LogP contribution in [-0.2, 0) is 17.8 Å². The van der Waals surface area contributed by atoms with E-state index in [-0.39, 0.29) is 12.0 Å². The number of para-hydroxylation sites is 2. The molecule has 170 valence electrons. The van der Waals surface area contributed by atoms with Gasteiger partial charge in [-0.2, -0.15) is 0 Å². The molecule has 3 aliphatic heterocycles. The Bertz CT molecular complexity index is 958. The number of piperazine rings is 1. The summed E-state index contributed by atoms with van der Waals surface area (Å²) in [5.41, 5.74) is 2.67. The molecule has 7 nitrogen and oxygen atoms in total. The summed E-state index contributed by atoms with van der Waals surface area (Å²) in [5.74, 6) is 2.68. The second-order valence-electron chi connectivity index (χ2n) is 8.86. The predicted octanol–water partition coefficient (Wildman–Crippen LogP) is 2.04. The Kier molecular flexibility index (Phi) is 6.19. The molecule has 0 unspecified atom stereocenters. The first-order valence-electron chi connectivity index (χ1n) is 11.5. The van der Waals surface area contributed by atoms with Gasteiger partial charge in [-0.25, -0.2) is 0 Å². The molecule has 0 radical (unpaired) electrons. The Morgan fingerprint density at radius 3 is 2.62 bits per heavy atom. The second kappa shape index (κ2) is 9.38. The van der Waals surface area contributed by atoms with Crippen molar-refractivity contribution in [1.29, 1.82) is 0 Å². The molecule has 5 rings (SSSR count). The van der Waals surface area contributed by atoms with Crippen molar-refractivity contribution in [2.45, 2.75) is 19.1 Å². The highest BCUT2D eigenvalue weighted by molar-refractivity contribution is 5.78. The third kappa shape index (κ3) is 4.84. The van der Waals surface area contributed by atoms with E-state index >= 15 is 0 Å². The Hall–Kier alpha value is -2.77. The van der Waals surface area contributed by atoms with E-state index in [0.29, 0.717) is 19.7 Å². The van der Waals surface area contributed by atoms with Gasteiger partial charge >= 0.3 is 0 Å². The first-order valence-corrected chi connectivity index (χ1v) is 11.5. The predicted molar refractivity (Wildman–Crippen MR) is 121 cm³/mol. The van der Waals surface area contributed by atoms with Gasteiger partial charge in [0.05, 0.1) is 19.7 Å². The minimum absolute atomic E-state index is 0.125. The maximum atomic E-state index is 12.8. The van der Waals surface area contributed by atoms with Crippen LogP contribution in [0.1, 0.15) is 11.1 Å². The van der Waals surface area contributed by atoms with Gasteiger partial charge in [0.1, 0.15) is 12.4 Å². The fourth-order valence-corrected chi connectivity index (χ4v) is 4.57. The van der Waals surface area contributed by atoms with E-state index in [4.69, 9.17) is 14.2 Å². The normalized spacial score (nSPS) is 20.5. The summed E-state index contributed by atoms with van der Waals surface area (Å²) in [7, 11) is 1.85. The molecule has 0 spiro atoms. The first-order chi connectivity index (χ1) is 15.6. The van der Waals surface area contributed by atoms with E-state index in [1.165, 1.54) is 11.1 Å². The number of rotatable bonds is 6. The molecular formula is C25H31N3O4. The third-order valence-electron chi connectivity index (χ3n) is 6.45. The zero-order chi connectivity index (χ0) is 21.9. The summed E-state index contributed by atoms with van der Waals surface area (Å²) in [6.45, 7) is 6.94. The molecule has 0 aliphatic carbocycles. The van der Waals surface area contributed by atoms with Gasteiger partial charge in [-0.15, -0.1) is 0 Å². The monoisotopic (exact) mass is 437 g/mol. The van der Waals surface area contributed by atoms with Crippen molar-refractivity contribution in [3.63, 3.8) is 0 Å². The van der Waals surface area contributed by atoms with Gasteiger partial charge in [-0.3, -0.25) is 14.6 Å². The summed E-state index contributed by atoms with van der Waals surface area (Å²) in [4.78, 5) is 19.3. The Balaban J connectivity index is 1.05. The van der Waals surface area contributed by atoms with E-state index in [9.17, 15) is 4.79 Å². The van der Waals surface area contributed by atoms with Crippen LogP contribution in [0.2, 0.25) is 0 Å². The van der Waals surface area contributed by atoms with Gasteiger partial charge in [0.15, 0.2) is 17.6 Å². The summed E-state index contributed by atoms with van der Waals surface area (Å²) in [6, 6.07) is 14.2. The van der Waals surface area contributed by atoms with Crippen molar-refractivity contribution in [3.8, 4) is 17.2 Å². The highest BCUT2D eigenvalue weighted by Gasteiger charge is 2.26. The van der Waals surface area contributed by atoms with Crippen LogP contribution in [0.3, 0.4) is 0 Å². The Morgan fingerprint density at radius 1 is 1.00 bits per heavy atom. The van der Waals surface area contributed by atoms with Crippen LogP contribution in [0.5, 0.6) is 17.2 Å². The number of carbonyl (C=O) groups is 1. The van der Waals surface area contributed by atoms with Crippen LogP contribution in [0.15, 0.2) is 42.5 Å². The van der Waals surface area contributed by atoms with Crippen LogP contribution in [-0.4, -0.2) is 86.2 Å². The number of hydrogen-bond acceptors (Lipinski definition) is 6. The van der Waals surface area contributed by atoms with Crippen LogP contribution in [0, 0.1) is 0 Å². The quantitative estimate of drug-likeness (QED) is 0.690. The lowest BCUT2D eigenvalue weighted by molar-refractivity contribution is -0.133. The summed E-state index contributed by atoms with van der Waals surface area (Å²) >= 11 is 0. The summed E-state index contributed by atoms with van der Waals surface area (Å²) in [6.07, 6.45) is 0.866. The molecule has 3 aliphatic rings. The molecule has 1 atom stereocenters. The first kappa shape index (κ1) is 21.1. The molecule has 0 N–H and O–H groups in total. The lowest BCUT2D eigenvalue weighted by Gasteiger charge is -2.35. The van der Waals surface area contributed by atoms with Crippen LogP contribution >= 0.6 is 0 Å². The minimum Gasteiger partial charge on any atom is -0.493 e. The lowest BCUT2D eigenvalue weighted by Crippen LogP contribution is -2.50. The van der Waals surface area contributed by atoms with Gasteiger partial charge < -0.3 is 19.1 Å². The number of hydrogen-bond donors (Lipinski definition) is 0. The molecular weight excluding hydrogens is 406 g/mol. The second-order valence-corrected chi connectivity index (χ2v) is 8.86. The fourth-order valence-electron chi connectivity index (χ4n) is 4.57. The number of carbonyl (C=O) groups excluding carboxylic acids is 1. The number of amides is 1. The number of nitrogens with zero attached hydrogens (tertiary/aromatic N) is 3. The SMILES string of the molecule is CN(C[C@@H]1COc2ccccc2O1)C(=O)CN1CCN(Cc2ccc3c(c2)CCO3)CC1. The fraction of sp³-hybridized carbons (Fsp3) is 0.480. The molecule has 0 aromatic heterocycles. The zero-order valence-corrected chi connectivity index (χ0v) is 18.7.